The number of halogens is 3. The van der Waals surface area contributed by atoms with Crippen molar-refractivity contribution in [2.75, 3.05) is 0 Å². The van der Waals surface area contributed by atoms with Gasteiger partial charge >= 0.3 is 11.8 Å². The molecule has 288 valence electrons. The lowest BCUT2D eigenvalue weighted by molar-refractivity contribution is -0.711. The summed E-state index contributed by atoms with van der Waals surface area (Å²) in [4.78, 5) is 0. The summed E-state index contributed by atoms with van der Waals surface area (Å²) in [6.45, 7) is 16.2. The van der Waals surface area contributed by atoms with Gasteiger partial charge in [0, 0.05) is 38.5 Å². The molecule has 0 saturated carbocycles. The minimum Gasteiger partial charge on any atom is -0.455 e. The maximum Gasteiger partial charge on any atom is 0.416 e. The fraction of sp³-hybridized carbons (Fsp3) is 0.240. The quantitative estimate of drug-likeness (QED) is 0.129. The lowest BCUT2D eigenvalue weighted by Crippen LogP contribution is -2.57. The van der Waals surface area contributed by atoms with Crippen LogP contribution in [0.3, 0.4) is 0 Å². The molecule has 5 aromatic carbocycles. The van der Waals surface area contributed by atoms with E-state index in [9.17, 15) is 13.2 Å². The summed E-state index contributed by atoms with van der Waals surface area (Å²) in [7, 11) is -1.70. The van der Waals surface area contributed by atoms with Crippen LogP contribution in [0.5, 0.6) is 0 Å². The third-order valence-corrected chi connectivity index (χ3v) is 15.0. The molecule has 8 heteroatoms. The van der Waals surface area contributed by atoms with Crippen LogP contribution in [0, 0.1) is 0 Å². The van der Waals surface area contributed by atoms with Gasteiger partial charge in [-0.2, -0.15) is 26.7 Å². The highest BCUT2D eigenvalue weighted by molar-refractivity contribution is 6.88. The van der Waals surface area contributed by atoms with Crippen molar-refractivity contribution in [2.45, 2.75) is 77.3 Å². The number of rotatable bonds is 4. The molecule has 0 N–H and O–H groups in total. The summed E-state index contributed by atoms with van der Waals surface area (Å²) in [5, 5.41) is 4.83. The van der Waals surface area contributed by atoms with Crippen molar-refractivity contribution in [1.82, 2.24) is 4.40 Å². The van der Waals surface area contributed by atoms with Crippen LogP contribution in [-0.4, -0.2) is 12.5 Å². The van der Waals surface area contributed by atoms with Crippen molar-refractivity contribution in [3.63, 3.8) is 0 Å². The maximum atomic E-state index is 14.1. The molecule has 5 heterocycles. The highest BCUT2D eigenvalue weighted by atomic mass is 28.3. The van der Waals surface area contributed by atoms with Crippen molar-refractivity contribution in [2.24, 2.45) is 0 Å². The summed E-state index contributed by atoms with van der Waals surface area (Å²) in [6, 6.07) is 37.0. The molecule has 2 aliphatic rings. The highest BCUT2D eigenvalue weighted by Gasteiger charge is 2.57. The summed E-state index contributed by atoms with van der Waals surface area (Å²) < 4.78 is 56.6. The molecule has 9 aromatic rings. The number of nitrogens with zero attached hydrogens (tertiary/aromatic N) is 3. The first-order chi connectivity index (χ1) is 27.7. The number of pyridine rings is 2. The molecule has 0 bridgehead atoms. The van der Waals surface area contributed by atoms with Gasteiger partial charge in [0.05, 0.1) is 24.8 Å². The van der Waals surface area contributed by atoms with E-state index in [1.165, 1.54) is 50.5 Å². The highest BCUT2D eigenvalue weighted by Crippen LogP contribution is 2.57. The third-order valence-electron chi connectivity index (χ3n) is 13.0. The molecule has 0 spiro atoms. The van der Waals surface area contributed by atoms with Crippen LogP contribution in [0.1, 0.15) is 85.0 Å². The Kier molecular flexibility index (Phi) is 7.28. The molecule has 0 amide bonds. The average molecular weight is 788 g/mol. The number of para-hydroxylation sites is 3. The van der Waals surface area contributed by atoms with E-state index in [-0.39, 0.29) is 29.4 Å². The predicted molar refractivity (Wildman–Crippen MR) is 229 cm³/mol. The minimum absolute atomic E-state index is 0.00514. The van der Waals surface area contributed by atoms with Crippen molar-refractivity contribution in [3.05, 3.63) is 149 Å². The van der Waals surface area contributed by atoms with Crippen LogP contribution >= 0.6 is 0 Å². The molecule has 1 aliphatic carbocycles. The normalized spacial score (nSPS) is 16.4. The lowest BCUT2D eigenvalue weighted by Gasteiger charge is -2.39. The largest absolute Gasteiger partial charge is 0.455 e. The molecular formula is C50H44F3N3OSi+2. The van der Waals surface area contributed by atoms with E-state index in [0.29, 0.717) is 11.0 Å². The Morgan fingerprint density at radius 1 is 0.741 bits per heavy atom. The zero-order chi connectivity index (χ0) is 40.2. The first-order valence-corrected chi connectivity index (χ1v) is 23.9. The molecule has 2 atom stereocenters. The second-order valence-corrected chi connectivity index (χ2v) is 23.1. The number of hydrogen-bond donors (Lipinski definition) is 0. The molecule has 0 saturated heterocycles. The number of benzene rings is 5. The van der Waals surface area contributed by atoms with Crippen LogP contribution in [0.25, 0.3) is 66.3 Å². The van der Waals surface area contributed by atoms with Gasteiger partial charge < -0.3 is 4.42 Å². The van der Waals surface area contributed by atoms with E-state index >= 15 is 0 Å². The van der Waals surface area contributed by atoms with Gasteiger partial charge in [0.2, 0.25) is 11.7 Å². The zero-order valence-corrected chi connectivity index (χ0v) is 34.7. The first-order valence-electron chi connectivity index (χ1n) is 20.4. The number of alkyl halides is 3. The Hall–Kier alpha value is -5.73. The molecule has 11 rings (SSSR count). The van der Waals surface area contributed by atoms with Crippen molar-refractivity contribution < 1.29 is 26.7 Å². The van der Waals surface area contributed by atoms with Crippen LogP contribution in [0.15, 0.2) is 120 Å². The second-order valence-electron chi connectivity index (χ2n) is 18.0. The Bertz CT molecular complexity index is 3210. The average Bonchev–Trinajstić information content (AvgIpc) is 3.72. The van der Waals surface area contributed by atoms with E-state index in [0.717, 1.165) is 44.6 Å². The summed E-state index contributed by atoms with van der Waals surface area (Å²) >= 11 is 0. The number of aromatic nitrogens is 3. The summed E-state index contributed by atoms with van der Waals surface area (Å²) in [6.07, 6.45) is -2.08. The second kappa shape index (κ2) is 11.9. The zero-order valence-electron chi connectivity index (χ0n) is 33.7. The molecule has 2 unspecified atom stereocenters. The molecule has 0 radical (unpaired) electrons. The van der Waals surface area contributed by atoms with E-state index < -0.39 is 19.8 Å². The fourth-order valence-corrected chi connectivity index (χ4v) is 11.3. The van der Waals surface area contributed by atoms with Crippen LogP contribution in [0.4, 0.5) is 13.2 Å². The van der Waals surface area contributed by atoms with E-state index in [2.05, 4.69) is 158 Å². The SMILES string of the molecule is CC(C)c1cccc(C(C)C)c1-[n+]1c2ccccc2n2c3c(c4ccc5c6ccc(C(F)(F)F)cc6oc5c4c21)C1C3c2ccccc2-c2ccc([Si](C)(C)C)c[n+]21. The van der Waals surface area contributed by atoms with E-state index in [1.54, 1.807) is 6.07 Å². The van der Waals surface area contributed by atoms with Gasteiger partial charge in [0.1, 0.15) is 28.3 Å². The van der Waals surface area contributed by atoms with Crippen molar-refractivity contribution in [3.8, 4) is 16.9 Å². The monoisotopic (exact) mass is 787 g/mol. The lowest BCUT2D eigenvalue weighted by atomic mass is 9.67. The Balaban J connectivity index is 1.39. The molecule has 58 heavy (non-hydrogen) atoms. The van der Waals surface area contributed by atoms with Gasteiger partial charge in [-0.3, -0.25) is 0 Å². The summed E-state index contributed by atoms with van der Waals surface area (Å²) in [5.74, 6) is 0.508. The van der Waals surface area contributed by atoms with Gasteiger partial charge in [-0.05, 0) is 59.9 Å². The molecule has 1 aliphatic heterocycles. The van der Waals surface area contributed by atoms with E-state index in [4.69, 9.17) is 4.42 Å². The van der Waals surface area contributed by atoms with Crippen molar-refractivity contribution in [1.29, 1.82) is 0 Å². The standard InChI is InChI=1S/C50H44F3N3OSi/c1-27(2)31-15-12-16-32(28(3)4)45(31)55-39-17-10-11-18-40(39)56-47-42-35-14-9-8-13-33(35)38-24-20-30(58(5,6)7)26-54(38)46(42)43(47)37-23-22-36-34-21-19-29(50(51,52)53)25-41(34)57-48(36)44(37)49(55)56/h8-28,42,46H,1-7H3/q+2. The predicted octanol–water partition coefficient (Wildman–Crippen LogP) is 12.2. The van der Waals surface area contributed by atoms with E-state index in [1.807, 2.05) is 0 Å². The van der Waals surface area contributed by atoms with Crippen LogP contribution in [-0.2, 0) is 6.18 Å². The van der Waals surface area contributed by atoms with Gasteiger partial charge in [-0.1, -0.05) is 108 Å². The number of fused-ring (bicyclic) bond motifs is 20. The Morgan fingerprint density at radius 3 is 2.16 bits per heavy atom. The van der Waals surface area contributed by atoms with Crippen molar-refractivity contribution >= 4 is 62.7 Å². The molecular weight excluding hydrogens is 744 g/mol. The molecule has 4 nitrogen and oxygen atoms in total. The topological polar surface area (TPSA) is 25.3 Å². The van der Waals surface area contributed by atoms with Gasteiger partial charge in [0.15, 0.2) is 22.8 Å². The van der Waals surface area contributed by atoms with Gasteiger partial charge in [-0.25, -0.2) is 0 Å². The Morgan fingerprint density at radius 2 is 1.43 bits per heavy atom. The number of imidazole rings is 1. The van der Waals surface area contributed by atoms with Crippen LogP contribution < -0.4 is 14.3 Å². The molecule has 0 fully saturated rings. The smallest absolute Gasteiger partial charge is 0.416 e. The molecule has 4 aromatic heterocycles. The first kappa shape index (κ1) is 35.4. The third kappa shape index (κ3) is 4.69. The van der Waals surface area contributed by atoms with Crippen LogP contribution in [0.2, 0.25) is 19.6 Å². The fourth-order valence-electron chi connectivity index (χ4n) is 10.2. The summed E-state index contributed by atoms with van der Waals surface area (Å²) in [5.41, 5.74) is 13.1. The maximum absolute atomic E-state index is 14.1. The van der Waals surface area contributed by atoms with Gasteiger partial charge in [0.25, 0.3) is 0 Å². The minimum atomic E-state index is -4.49. The number of furan rings is 1. The number of hydrogen-bond acceptors (Lipinski definition) is 1. The van der Waals surface area contributed by atoms with Gasteiger partial charge in [-0.15, -0.1) is 0 Å². The Labute approximate surface area is 335 Å².